The summed E-state index contributed by atoms with van der Waals surface area (Å²) in [5, 5.41) is 8.51. The molecule has 0 saturated heterocycles. The number of anilines is 1. The number of hydrogen-bond donors (Lipinski definition) is 1. The maximum absolute atomic E-state index is 12.7. The van der Waals surface area contributed by atoms with Crippen LogP contribution in [0.3, 0.4) is 0 Å². The van der Waals surface area contributed by atoms with Gasteiger partial charge in [-0.05, 0) is 62.6 Å². The number of para-hydroxylation sites is 1. The van der Waals surface area contributed by atoms with Gasteiger partial charge in [0.25, 0.3) is 0 Å². The molecule has 8 heteroatoms. The lowest BCUT2D eigenvalue weighted by molar-refractivity contribution is -0.116. The van der Waals surface area contributed by atoms with Gasteiger partial charge in [0.15, 0.2) is 5.65 Å². The Kier molecular flexibility index (Phi) is 6.01. The molecule has 5 aromatic rings. The van der Waals surface area contributed by atoms with Gasteiger partial charge in [0.2, 0.25) is 5.91 Å². The second-order valence-corrected chi connectivity index (χ2v) is 8.77. The van der Waals surface area contributed by atoms with Crippen LogP contribution >= 0.6 is 0 Å². The van der Waals surface area contributed by atoms with Crippen LogP contribution in [0.5, 0.6) is 5.75 Å². The Bertz CT molecular complexity index is 1680. The summed E-state index contributed by atoms with van der Waals surface area (Å²) in [6, 6.07) is 16.4. The van der Waals surface area contributed by atoms with Crippen molar-refractivity contribution in [2.24, 2.45) is 0 Å². The normalized spacial score (nSPS) is 11.2. The van der Waals surface area contributed by atoms with Gasteiger partial charge in [-0.25, -0.2) is 14.3 Å². The summed E-state index contributed by atoms with van der Waals surface area (Å²) < 4.78 is 12.6. The molecule has 0 fully saturated rings. The van der Waals surface area contributed by atoms with E-state index in [2.05, 4.69) is 5.32 Å². The van der Waals surface area contributed by atoms with Crippen LogP contribution in [-0.4, -0.2) is 27.6 Å². The number of carbonyl (C=O) groups excluding carboxylic acids is 1. The molecule has 2 aromatic carbocycles. The third-order valence-corrected chi connectivity index (χ3v) is 6.38. The quantitative estimate of drug-likeness (QED) is 0.342. The molecule has 0 aliphatic heterocycles. The average Bonchev–Trinajstić information content (AvgIpc) is 3.27. The summed E-state index contributed by atoms with van der Waals surface area (Å²) >= 11 is 0. The molecule has 3 heterocycles. The fraction of sp³-hybridized carbons (Fsp3) is 0.214. The standard InChI is InChI=1S/C28H26N4O4/c1-16-13-28(34)36-25-14-19(9-10-20(16)25)30-27(33)12-11-21-17(2)29-26-15-23(31-32(26)18(21)3)22-7-5-6-8-24(22)35-4/h5-10,13-15H,11-12H2,1-4H3,(H,30,33). The van der Waals surface area contributed by atoms with Gasteiger partial charge in [-0.15, -0.1) is 0 Å². The number of ether oxygens (including phenoxy) is 1. The molecular formula is C28H26N4O4. The maximum Gasteiger partial charge on any atom is 0.336 e. The molecule has 0 atom stereocenters. The van der Waals surface area contributed by atoms with Crippen molar-refractivity contribution in [3.8, 4) is 17.0 Å². The molecule has 1 amide bonds. The molecule has 0 aliphatic carbocycles. The molecule has 8 nitrogen and oxygen atoms in total. The number of carbonyl (C=O) groups is 1. The van der Waals surface area contributed by atoms with Crippen molar-refractivity contribution in [2.75, 3.05) is 12.4 Å². The number of benzene rings is 2. The molecule has 0 aliphatic rings. The van der Waals surface area contributed by atoms with Crippen molar-refractivity contribution < 1.29 is 13.9 Å². The lowest BCUT2D eigenvalue weighted by atomic mass is 10.1. The van der Waals surface area contributed by atoms with Gasteiger partial charge >= 0.3 is 5.63 Å². The zero-order valence-corrected chi connectivity index (χ0v) is 20.6. The smallest absolute Gasteiger partial charge is 0.336 e. The van der Waals surface area contributed by atoms with Gasteiger partial charge < -0.3 is 14.5 Å². The number of methoxy groups -OCH3 is 1. The Hall–Kier alpha value is -4.46. The molecule has 0 bridgehead atoms. The van der Waals surface area contributed by atoms with Crippen molar-refractivity contribution in [3.63, 3.8) is 0 Å². The van der Waals surface area contributed by atoms with Gasteiger partial charge in [-0.2, -0.15) is 5.10 Å². The van der Waals surface area contributed by atoms with E-state index in [1.165, 1.54) is 6.07 Å². The van der Waals surface area contributed by atoms with Crippen LogP contribution in [-0.2, 0) is 11.2 Å². The monoisotopic (exact) mass is 482 g/mol. The minimum absolute atomic E-state index is 0.140. The highest BCUT2D eigenvalue weighted by molar-refractivity contribution is 5.93. The van der Waals surface area contributed by atoms with E-state index in [9.17, 15) is 9.59 Å². The number of hydrogen-bond acceptors (Lipinski definition) is 6. The van der Waals surface area contributed by atoms with Gasteiger partial charge in [0.1, 0.15) is 11.3 Å². The molecule has 3 aromatic heterocycles. The number of fused-ring (bicyclic) bond motifs is 2. The first-order chi connectivity index (χ1) is 17.3. The topological polar surface area (TPSA) is 98.7 Å². The number of nitrogens with zero attached hydrogens (tertiary/aromatic N) is 3. The first-order valence-electron chi connectivity index (χ1n) is 11.7. The van der Waals surface area contributed by atoms with E-state index < -0.39 is 5.63 Å². The SMILES string of the molecule is COc1ccccc1-c1cc2nc(C)c(CCC(=O)Nc3ccc4c(C)cc(=O)oc4c3)c(C)n2n1. The molecule has 182 valence electrons. The minimum Gasteiger partial charge on any atom is -0.496 e. The molecule has 0 spiro atoms. The van der Waals surface area contributed by atoms with E-state index in [-0.39, 0.29) is 12.3 Å². The fourth-order valence-electron chi connectivity index (χ4n) is 4.54. The minimum atomic E-state index is -0.412. The largest absolute Gasteiger partial charge is 0.496 e. The molecular weight excluding hydrogens is 456 g/mol. The van der Waals surface area contributed by atoms with E-state index >= 15 is 0 Å². The highest BCUT2D eigenvalue weighted by Crippen LogP contribution is 2.30. The van der Waals surface area contributed by atoms with E-state index in [1.807, 2.05) is 61.7 Å². The second kappa shape index (κ2) is 9.30. The summed E-state index contributed by atoms with van der Waals surface area (Å²) in [5.74, 6) is 0.605. The summed E-state index contributed by atoms with van der Waals surface area (Å²) in [5.41, 5.74) is 6.64. The van der Waals surface area contributed by atoms with Crippen LogP contribution in [0.2, 0.25) is 0 Å². The summed E-state index contributed by atoms with van der Waals surface area (Å²) in [4.78, 5) is 29.2. The van der Waals surface area contributed by atoms with Crippen LogP contribution in [0.15, 0.2) is 63.8 Å². The number of aromatic nitrogens is 3. The number of nitrogens with one attached hydrogen (secondary N) is 1. The number of amides is 1. The maximum atomic E-state index is 12.7. The Balaban J connectivity index is 1.36. The van der Waals surface area contributed by atoms with Gasteiger partial charge in [0.05, 0.1) is 12.8 Å². The first kappa shape index (κ1) is 23.3. The van der Waals surface area contributed by atoms with Crippen LogP contribution < -0.4 is 15.7 Å². The molecule has 5 rings (SSSR count). The van der Waals surface area contributed by atoms with Gasteiger partial charge in [0, 0.05) is 52.6 Å². The van der Waals surface area contributed by atoms with Crippen LogP contribution in [0.1, 0.15) is 28.9 Å². The predicted molar refractivity (Wildman–Crippen MR) is 139 cm³/mol. The van der Waals surface area contributed by atoms with Crippen molar-refractivity contribution in [2.45, 2.75) is 33.6 Å². The van der Waals surface area contributed by atoms with E-state index in [1.54, 1.807) is 19.2 Å². The average molecular weight is 483 g/mol. The Morgan fingerprint density at radius 1 is 1.08 bits per heavy atom. The van der Waals surface area contributed by atoms with Crippen molar-refractivity contribution in [1.82, 2.24) is 14.6 Å². The van der Waals surface area contributed by atoms with Crippen molar-refractivity contribution >= 4 is 28.2 Å². The predicted octanol–water partition coefficient (Wildman–Crippen LogP) is 5.01. The van der Waals surface area contributed by atoms with E-state index in [0.717, 1.165) is 50.6 Å². The lowest BCUT2D eigenvalue weighted by Crippen LogP contribution is -2.14. The third-order valence-electron chi connectivity index (χ3n) is 6.38. The number of rotatable bonds is 6. The molecule has 0 unspecified atom stereocenters. The Morgan fingerprint density at radius 2 is 1.89 bits per heavy atom. The van der Waals surface area contributed by atoms with E-state index in [0.29, 0.717) is 17.7 Å². The first-order valence-corrected chi connectivity index (χ1v) is 11.7. The van der Waals surface area contributed by atoms with Crippen LogP contribution in [0.4, 0.5) is 5.69 Å². The molecule has 36 heavy (non-hydrogen) atoms. The Labute approximate surface area is 207 Å². The zero-order valence-electron chi connectivity index (χ0n) is 20.6. The fourth-order valence-corrected chi connectivity index (χ4v) is 4.54. The highest BCUT2D eigenvalue weighted by Gasteiger charge is 2.16. The zero-order chi connectivity index (χ0) is 25.4. The van der Waals surface area contributed by atoms with Gasteiger partial charge in [-0.3, -0.25) is 4.79 Å². The summed E-state index contributed by atoms with van der Waals surface area (Å²) in [6.45, 7) is 5.79. The molecule has 0 radical (unpaired) electrons. The summed E-state index contributed by atoms with van der Waals surface area (Å²) in [7, 11) is 1.64. The molecule has 0 saturated carbocycles. The van der Waals surface area contributed by atoms with Crippen LogP contribution in [0, 0.1) is 20.8 Å². The highest BCUT2D eigenvalue weighted by atomic mass is 16.5. The number of aryl methyl sites for hydroxylation is 3. The lowest BCUT2D eigenvalue weighted by Gasteiger charge is -2.11. The van der Waals surface area contributed by atoms with Gasteiger partial charge in [-0.1, -0.05) is 12.1 Å². The third kappa shape index (κ3) is 4.33. The van der Waals surface area contributed by atoms with Crippen molar-refractivity contribution in [3.05, 3.63) is 87.5 Å². The second-order valence-electron chi connectivity index (χ2n) is 8.77. The van der Waals surface area contributed by atoms with E-state index in [4.69, 9.17) is 19.2 Å². The summed E-state index contributed by atoms with van der Waals surface area (Å²) in [6.07, 6.45) is 0.781. The molecule has 1 N–H and O–H groups in total. The Morgan fingerprint density at radius 3 is 2.69 bits per heavy atom. The van der Waals surface area contributed by atoms with Crippen molar-refractivity contribution in [1.29, 1.82) is 0 Å². The van der Waals surface area contributed by atoms with Crippen LogP contribution in [0.25, 0.3) is 27.9 Å².